The summed E-state index contributed by atoms with van der Waals surface area (Å²) in [7, 11) is 1.86. The van der Waals surface area contributed by atoms with Gasteiger partial charge in [0, 0.05) is 12.6 Å². The molecule has 0 spiro atoms. The quantitative estimate of drug-likeness (QED) is 0.857. The van der Waals surface area contributed by atoms with Crippen molar-refractivity contribution in [3.8, 4) is 0 Å². The van der Waals surface area contributed by atoms with Crippen molar-refractivity contribution in [3.05, 3.63) is 23.2 Å². The van der Waals surface area contributed by atoms with Crippen molar-refractivity contribution in [1.82, 2.24) is 20.2 Å². The van der Waals surface area contributed by atoms with Crippen molar-refractivity contribution >= 4 is 17.5 Å². The van der Waals surface area contributed by atoms with Crippen LogP contribution < -0.4 is 5.32 Å². The first-order valence-corrected chi connectivity index (χ1v) is 5.79. The van der Waals surface area contributed by atoms with Crippen molar-refractivity contribution in [2.24, 2.45) is 0 Å². The van der Waals surface area contributed by atoms with Crippen LogP contribution in [0, 0.1) is 0 Å². The van der Waals surface area contributed by atoms with Gasteiger partial charge in [0.15, 0.2) is 0 Å². The second-order valence-corrected chi connectivity index (χ2v) is 4.61. The van der Waals surface area contributed by atoms with Gasteiger partial charge in [-0.15, -0.1) is 0 Å². The molecule has 0 aromatic carbocycles. The van der Waals surface area contributed by atoms with E-state index in [1.807, 2.05) is 25.8 Å². The zero-order valence-corrected chi connectivity index (χ0v) is 11.0. The normalized spacial score (nSPS) is 10.9. The molecule has 0 bridgehead atoms. The second kappa shape index (κ2) is 6.51. The minimum absolute atomic E-state index is 0.00410. The first-order valence-electron chi connectivity index (χ1n) is 5.41. The molecule has 17 heavy (non-hydrogen) atoms. The molecule has 94 valence electrons. The standard InChI is InChI=1S/C11H17ClN4O/c1-8(2)15-11(17)7-16(3)6-9-4-14-10(12)5-13-9/h4-5,8H,6-7H2,1-3H3,(H,15,17). The first-order chi connectivity index (χ1) is 7.97. The van der Waals surface area contributed by atoms with Crippen LogP contribution in [0.2, 0.25) is 5.15 Å². The fourth-order valence-electron chi connectivity index (χ4n) is 1.37. The van der Waals surface area contributed by atoms with Crippen molar-refractivity contribution < 1.29 is 4.79 Å². The van der Waals surface area contributed by atoms with E-state index in [-0.39, 0.29) is 11.9 Å². The van der Waals surface area contributed by atoms with Crippen molar-refractivity contribution in [2.45, 2.75) is 26.4 Å². The largest absolute Gasteiger partial charge is 0.353 e. The molecule has 0 radical (unpaired) electrons. The third kappa shape index (κ3) is 5.60. The molecular formula is C11H17ClN4O. The summed E-state index contributed by atoms with van der Waals surface area (Å²) in [5, 5.41) is 3.20. The van der Waals surface area contributed by atoms with Gasteiger partial charge in [0.05, 0.1) is 24.6 Å². The maximum atomic E-state index is 11.5. The lowest BCUT2D eigenvalue weighted by Gasteiger charge is -2.16. The zero-order valence-electron chi connectivity index (χ0n) is 10.3. The molecule has 1 aromatic rings. The van der Waals surface area contributed by atoms with Gasteiger partial charge in [0.25, 0.3) is 0 Å². The molecule has 0 fully saturated rings. The lowest BCUT2D eigenvalue weighted by Crippen LogP contribution is -2.38. The minimum Gasteiger partial charge on any atom is -0.353 e. The van der Waals surface area contributed by atoms with Gasteiger partial charge in [-0.2, -0.15) is 0 Å². The summed E-state index contributed by atoms with van der Waals surface area (Å²) in [4.78, 5) is 21.4. The number of carbonyl (C=O) groups is 1. The summed E-state index contributed by atoms with van der Waals surface area (Å²) in [5.41, 5.74) is 0.786. The molecule has 0 atom stereocenters. The van der Waals surface area contributed by atoms with Crippen LogP contribution in [-0.4, -0.2) is 40.4 Å². The average molecular weight is 257 g/mol. The van der Waals surface area contributed by atoms with E-state index in [2.05, 4.69) is 15.3 Å². The van der Waals surface area contributed by atoms with Crippen LogP contribution in [0.4, 0.5) is 0 Å². The number of hydrogen-bond donors (Lipinski definition) is 1. The Morgan fingerprint density at radius 2 is 2.18 bits per heavy atom. The van der Waals surface area contributed by atoms with Gasteiger partial charge in [-0.3, -0.25) is 14.7 Å². The number of amides is 1. The van der Waals surface area contributed by atoms with Gasteiger partial charge in [0.1, 0.15) is 5.15 Å². The summed E-state index contributed by atoms with van der Waals surface area (Å²) in [5.74, 6) is 0.00410. The van der Waals surface area contributed by atoms with Gasteiger partial charge < -0.3 is 5.32 Å². The van der Waals surface area contributed by atoms with E-state index in [0.717, 1.165) is 5.69 Å². The van der Waals surface area contributed by atoms with Gasteiger partial charge in [0.2, 0.25) is 5.91 Å². The summed E-state index contributed by atoms with van der Waals surface area (Å²) in [6, 6.07) is 0.159. The zero-order chi connectivity index (χ0) is 12.8. The van der Waals surface area contributed by atoms with Crippen LogP contribution in [0.25, 0.3) is 0 Å². The highest BCUT2D eigenvalue weighted by Crippen LogP contribution is 2.03. The van der Waals surface area contributed by atoms with E-state index >= 15 is 0 Å². The lowest BCUT2D eigenvalue weighted by atomic mass is 10.3. The Morgan fingerprint density at radius 1 is 1.47 bits per heavy atom. The minimum atomic E-state index is 0.00410. The fourth-order valence-corrected chi connectivity index (χ4v) is 1.46. The van der Waals surface area contributed by atoms with Crippen molar-refractivity contribution in [3.63, 3.8) is 0 Å². The molecule has 0 aliphatic rings. The first kappa shape index (κ1) is 13.9. The number of aromatic nitrogens is 2. The molecule has 1 amide bonds. The molecule has 1 rings (SSSR count). The Morgan fingerprint density at radius 3 is 2.71 bits per heavy atom. The Kier molecular flexibility index (Phi) is 5.31. The van der Waals surface area contributed by atoms with E-state index in [1.165, 1.54) is 6.20 Å². The maximum absolute atomic E-state index is 11.5. The van der Waals surface area contributed by atoms with Gasteiger partial charge in [-0.05, 0) is 20.9 Å². The van der Waals surface area contributed by atoms with E-state index in [9.17, 15) is 4.79 Å². The summed E-state index contributed by atoms with van der Waals surface area (Å²) < 4.78 is 0. The van der Waals surface area contributed by atoms with Gasteiger partial charge in [-0.1, -0.05) is 11.6 Å². The highest BCUT2D eigenvalue weighted by molar-refractivity contribution is 6.29. The number of rotatable bonds is 5. The topological polar surface area (TPSA) is 58.1 Å². The van der Waals surface area contributed by atoms with Crippen LogP contribution in [0.3, 0.4) is 0 Å². The third-order valence-electron chi connectivity index (χ3n) is 1.97. The van der Waals surface area contributed by atoms with Crippen LogP contribution >= 0.6 is 11.6 Å². The number of nitrogens with zero attached hydrogens (tertiary/aromatic N) is 3. The van der Waals surface area contributed by atoms with E-state index < -0.39 is 0 Å². The van der Waals surface area contributed by atoms with Crippen LogP contribution in [0.5, 0.6) is 0 Å². The molecule has 0 saturated heterocycles. The molecule has 1 aromatic heterocycles. The molecule has 1 heterocycles. The molecule has 5 nitrogen and oxygen atoms in total. The SMILES string of the molecule is CC(C)NC(=O)CN(C)Cc1cnc(Cl)cn1. The third-order valence-corrected chi connectivity index (χ3v) is 2.16. The Labute approximate surface area is 106 Å². The van der Waals surface area contributed by atoms with Crippen LogP contribution in [0.15, 0.2) is 12.4 Å². The molecular weight excluding hydrogens is 240 g/mol. The van der Waals surface area contributed by atoms with E-state index in [0.29, 0.717) is 18.2 Å². The number of likely N-dealkylation sites (N-methyl/N-ethyl adjacent to an activating group) is 1. The number of hydrogen-bond acceptors (Lipinski definition) is 4. The number of halogens is 1. The summed E-state index contributed by atoms with van der Waals surface area (Å²) >= 11 is 5.64. The maximum Gasteiger partial charge on any atom is 0.234 e. The van der Waals surface area contributed by atoms with E-state index in [1.54, 1.807) is 6.20 Å². The van der Waals surface area contributed by atoms with Crippen molar-refractivity contribution in [1.29, 1.82) is 0 Å². The summed E-state index contributed by atoms with van der Waals surface area (Å²) in [6.45, 7) is 4.77. The van der Waals surface area contributed by atoms with E-state index in [4.69, 9.17) is 11.6 Å². The Balaban J connectivity index is 2.41. The predicted octanol–water partition coefficient (Wildman–Crippen LogP) is 1.09. The smallest absolute Gasteiger partial charge is 0.234 e. The van der Waals surface area contributed by atoms with Gasteiger partial charge >= 0.3 is 0 Å². The van der Waals surface area contributed by atoms with Crippen LogP contribution in [-0.2, 0) is 11.3 Å². The number of nitrogens with one attached hydrogen (secondary N) is 1. The summed E-state index contributed by atoms with van der Waals surface area (Å²) in [6.07, 6.45) is 3.11. The highest BCUT2D eigenvalue weighted by atomic mass is 35.5. The Bertz CT molecular complexity index is 366. The molecule has 6 heteroatoms. The monoisotopic (exact) mass is 256 g/mol. The molecule has 0 aliphatic carbocycles. The Hall–Kier alpha value is -1.20. The van der Waals surface area contributed by atoms with Crippen molar-refractivity contribution in [2.75, 3.05) is 13.6 Å². The number of carbonyl (C=O) groups excluding carboxylic acids is 1. The van der Waals surface area contributed by atoms with Crippen LogP contribution in [0.1, 0.15) is 19.5 Å². The second-order valence-electron chi connectivity index (χ2n) is 4.22. The van der Waals surface area contributed by atoms with Gasteiger partial charge in [-0.25, -0.2) is 4.98 Å². The molecule has 0 aliphatic heterocycles. The fraction of sp³-hybridized carbons (Fsp3) is 0.545. The molecule has 0 saturated carbocycles. The highest BCUT2D eigenvalue weighted by Gasteiger charge is 2.08. The molecule has 0 unspecified atom stereocenters. The average Bonchev–Trinajstić information content (AvgIpc) is 2.19. The molecule has 1 N–H and O–H groups in total. The predicted molar refractivity (Wildman–Crippen MR) is 66.7 cm³/mol. The lowest BCUT2D eigenvalue weighted by molar-refractivity contribution is -0.122.